The zero-order valence-electron chi connectivity index (χ0n) is 13.9. The van der Waals surface area contributed by atoms with E-state index in [1.54, 1.807) is 48.5 Å². The number of nitrogens with zero attached hydrogens (tertiary/aromatic N) is 3. The van der Waals surface area contributed by atoms with Crippen LogP contribution in [0, 0.1) is 0 Å². The van der Waals surface area contributed by atoms with Crippen LogP contribution < -0.4 is 10.7 Å². The number of amides is 2. The van der Waals surface area contributed by atoms with E-state index in [2.05, 4.69) is 10.2 Å². The molecule has 130 valence electrons. The molecular weight excluding hydrogens is 344 g/mol. The predicted molar refractivity (Wildman–Crippen MR) is 99.1 cm³/mol. The van der Waals surface area contributed by atoms with Crippen molar-refractivity contribution in [1.82, 2.24) is 14.9 Å². The largest absolute Gasteiger partial charge is 0.363 e. The Labute approximate surface area is 152 Å². The van der Waals surface area contributed by atoms with Gasteiger partial charge in [0.2, 0.25) is 0 Å². The van der Waals surface area contributed by atoms with E-state index in [9.17, 15) is 14.4 Å². The third-order valence-corrected chi connectivity index (χ3v) is 4.63. The van der Waals surface area contributed by atoms with E-state index < -0.39 is 17.5 Å². The predicted octanol–water partition coefficient (Wildman–Crippen LogP) is 2.32. The summed E-state index contributed by atoms with van der Waals surface area (Å²) in [6.45, 7) is 0. The summed E-state index contributed by atoms with van der Waals surface area (Å²) in [4.78, 5) is 38.8. The molecule has 5 rings (SSSR count). The van der Waals surface area contributed by atoms with Gasteiger partial charge >= 0.3 is 5.69 Å². The monoisotopic (exact) mass is 356 g/mol. The lowest BCUT2D eigenvalue weighted by molar-refractivity contribution is 0.0851. The summed E-state index contributed by atoms with van der Waals surface area (Å²) in [5, 5.41) is 8.60. The highest BCUT2D eigenvalue weighted by Gasteiger charge is 2.36. The number of hydrogen-bond donors (Lipinski definition) is 1. The van der Waals surface area contributed by atoms with Crippen LogP contribution in [0.15, 0.2) is 71.5 Å². The van der Waals surface area contributed by atoms with Crippen molar-refractivity contribution in [3.63, 3.8) is 0 Å². The minimum Gasteiger partial charge on any atom is -0.267 e. The maximum absolute atomic E-state index is 13.2. The molecule has 2 amide bonds. The van der Waals surface area contributed by atoms with Crippen molar-refractivity contribution in [2.24, 2.45) is 0 Å². The molecule has 1 N–H and O–H groups in total. The van der Waals surface area contributed by atoms with E-state index in [0.29, 0.717) is 22.1 Å². The number of carbonyl (C=O) groups is 2. The number of nitrogens with one attached hydrogen (secondary N) is 1. The zero-order valence-corrected chi connectivity index (χ0v) is 13.9. The van der Waals surface area contributed by atoms with Gasteiger partial charge < -0.3 is 0 Å². The van der Waals surface area contributed by atoms with Crippen molar-refractivity contribution in [3.05, 3.63) is 88.3 Å². The molecule has 3 aromatic carbocycles. The number of hydrogen-bond acceptors (Lipinski definition) is 4. The second kappa shape index (κ2) is 5.50. The van der Waals surface area contributed by atoms with Gasteiger partial charge in [0.15, 0.2) is 5.82 Å². The van der Waals surface area contributed by atoms with E-state index in [4.69, 9.17) is 0 Å². The Morgan fingerprint density at radius 3 is 2.00 bits per heavy atom. The lowest BCUT2D eigenvalue weighted by atomic mass is 9.95. The highest BCUT2D eigenvalue weighted by Crippen LogP contribution is 2.30. The van der Waals surface area contributed by atoms with Crippen LogP contribution in [0.4, 0.5) is 0 Å². The Balaban J connectivity index is 1.78. The molecule has 0 fully saturated rings. The van der Waals surface area contributed by atoms with Crippen LogP contribution in [0.5, 0.6) is 0 Å². The second-order valence-corrected chi connectivity index (χ2v) is 6.16. The topological polar surface area (TPSA) is 88.1 Å². The normalized spacial score (nSPS) is 13.4. The van der Waals surface area contributed by atoms with Crippen molar-refractivity contribution < 1.29 is 9.59 Å². The van der Waals surface area contributed by atoms with Crippen molar-refractivity contribution in [3.8, 4) is 11.4 Å². The third-order valence-electron chi connectivity index (χ3n) is 4.63. The molecule has 0 saturated carbocycles. The highest BCUT2D eigenvalue weighted by atomic mass is 16.2. The standard InChI is InChI=1S/C20H12N4O3/c25-18-14-10-4-8-12-9-5-11-15(16(12)14)19(26)24(18)23-17(21-22-20(23)27)13-6-2-1-3-7-13/h1-11H,(H,22,27). The molecule has 0 radical (unpaired) electrons. The Morgan fingerprint density at radius 1 is 0.741 bits per heavy atom. The molecule has 2 heterocycles. The summed E-state index contributed by atoms with van der Waals surface area (Å²) in [5.74, 6) is -0.941. The van der Waals surface area contributed by atoms with E-state index in [-0.39, 0.29) is 5.82 Å². The molecule has 0 saturated heterocycles. The number of aromatic amines is 1. The van der Waals surface area contributed by atoms with Crippen LogP contribution in [0.3, 0.4) is 0 Å². The summed E-state index contributed by atoms with van der Waals surface area (Å²) < 4.78 is 0.995. The summed E-state index contributed by atoms with van der Waals surface area (Å²) in [6.07, 6.45) is 0. The van der Waals surface area contributed by atoms with Crippen LogP contribution in [0.2, 0.25) is 0 Å². The smallest absolute Gasteiger partial charge is 0.267 e. The number of carbonyl (C=O) groups excluding carboxylic acids is 2. The summed E-state index contributed by atoms with van der Waals surface area (Å²) >= 11 is 0. The minimum absolute atomic E-state index is 0.189. The molecule has 7 nitrogen and oxygen atoms in total. The van der Waals surface area contributed by atoms with Gasteiger partial charge in [-0.25, -0.2) is 9.89 Å². The molecule has 27 heavy (non-hydrogen) atoms. The van der Waals surface area contributed by atoms with Crippen LogP contribution in [0.25, 0.3) is 22.2 Å². The summed E-state index contributed by atoms with van der Waals surface area (Å²) in [6, 6.07) is 19.4. The molecule has 0 bridgehead atoms. The maximum Gasteiger partial charge on any atom is 0.363 e. The molecule has 1 aliphatic rings. The highest BCUT2D eigenvalue weighted by molar-refractivity contribution is 6.32. The van der Waals surface area contributed by atoms with Gasteiger partial charge in [0.05, 0.1) is 11.1 Å². The fourth-order valence-electron chi connectivity index (χ4n) is 3.45. The number of imide groups is 1. The van der Waals surface area contributed by atoms with Crippen molar-refractivity contribution in [1.29, 1.82) is 0 Å². The fourth-order valence-corrected chi connectivity index (χ4v) is 3.45. The van der Waals surface area contributed by atoms with Crippen LogP contribution in [-0.2, 0) is 0 Å². The first-order chi connectivity index (χ1) is 13.2. The van der Waals surface area contributed by atoms with E-state index in [1.165, 1.54) is 0 Å². The molecule has 4 aromatic rings. The quantitative estimate of drug-likeness (QED) is 0.558. The Kier molecular flexibility index (Phi) is 3.11. The minimum atomic E-state index is -0.665. The SMILES string of the molecule is O=C1c2cccc3cccc(c23)C(=O)N1n1c(-c2ccccc2)n[nH]c1=O. The first-order valence-corrected chi connectivity index (χ1v) is 8.30. The summed E-state index contributed by atoms with van der Waals surface area (Å²) in [5.41, 5.74) is 0.681. The molecule has 7 heteroatoms. The van der Waals surface area contributed by atoms with Gasteiger partial charge in [-0.05, 0) is 17.5 Å². The van der Waals surface area contributed by atoms with E-state index in [1.807, 2.05) is 18.2 Å². The van der Waals surface area contributed by atoms with Crippen molar-refractivity contribution >= 4 is 22.6 Å². The molecule has 1 aliphatic heterocycles. The molecule has 0 atom stereocenters. The Hall–Kier alpha value is -4.00. The van der Waals surface area contributed by atoms with Gasteiger partial charge in [-0.2, -0.15) is 14.8 Å². The third kappa shape index (κ3) is 2.08. The number of benzene rings is 3. The zero-order chi connectivity index (χ0) is 18.5. The fraction of sp³-hybridized carbons (Fsp3) is 0. The van der Waals surface area contributed by atoms with Gasteiger partial charge in [-0.3, -0.25) is 9.59 Å². The molecule has 0 unspecified atom stereocenters. The lowest BCUT2D eigenvalue weighted by Crippen LogP contribution is -2.52. The van der Waals surface area contributed by atoms with Crippen LogP contribution >= 0.6 is 0 Å². The van der Waals surface area contributed by atoms with Gasteiger partial charge in [-0.1, -0.05) is 54.6 Å². The molecule has 0 aliphatic carbocycles. The van der Waals surface area contributed by atoms with Crippen molar-refractivity contribution in [2.75, 3.05) is 5.01 Å². The van der Waals surface area contributed by atoms with Gasteiger partial charge in [0, 0.05) is 10.9 Å². The van der Waals surface area contributed by atoms with Gasteiger partial charge in [0.1, 0.15) is 0 Å². The van der Waals surface area contributed by atoms with Gasteiger partial charge in [-0.15, -0.1) is 0 Å². The number of aromatic nitrogens is 3. The maximum atomic E-state index is 13.2. The van der Waals surface area contributed by atoms with Gasteiger partial charge in [0.25, 0.3) is 11.8 Å². The van der Waals surface area contributed by atoms with E-state index in [0.717, 1.165) is 15.1 Å². The Bertz CT molecular complexity index is 1240. The second-order valence-electron chi connectivity index (χ2n) is 6.16. The first kappa shape index (κ1) is 15.3. The average molecular weight is 356 g/mol. The number of H-pyrrole nitrogens is 1. The van der Waals surface area contributed by atoms with Crippen molar-refractivity contribution in [2.45, 2.75) is 0 Å². The van der Waals surface area contributed by atoms with E-state index >= 15 is 0 Å². The molecular formula is C20H12N4O3. The first-order valence-electron chi connectivity index (χ1n) is 8.30. The molecule has 0 spiro atoms. The summed E-state index contributed by atoms with van der Waals surface area (Å²) in [7, 11) is 0. The molecule has 1 aromatic heterocycles. The number of rotatable bonds is 2. The van der Waals surface area contributed by atoms with Crippen LogP contribution in [-0.4, -0.2) is 26.7 Å². The van der Waals surface area contributed by atoms with Crippen LogP contribution in [0.1, 0.15) is 20.7 Å². The average Bonchev–Trinajstić information content (AvgIpc) is 3.08. The lowest BCUT2D eigenvalue weighted by Gasteiger charge is -2.27. The Morgan fingerprint density at radius 2 is 1.37 bits per heavy atom.